The maximum atomic E-state index is 12.7. The van der Waals surface area contributed by atoms with Crippen molar-refractivity contribution in [3.8, 4) is 5.75 Å². The zero-order valence-electron chi connectivity index (χ0n) is 14.5. The number of carbonyl (C=O) groups excluding carboxylic acids is 2. The lowest BCUT2D eigenvalue weighted by atomic mass is 10.2. The van der Waals surface area contributed by atoms with Gasteiger partial charge in [-0.15, -0.1) is 0 Å². The van der Waals surface area contributed by atoms with Crippen molar-refractivity contribution in [3.05, 3.63) is 58.9 Å². The lowest BCUT2D eigenvalue weighted by molar-refractivity contribution is -0.141. The van der Waals surface area contributed by atoms with Crippen LogP contribution in [-0.2, 0) is 16.1 Å². The van der Waals surface area contributed by atoms with Crippen LogP contribution in [-0.4, -0.2) is 30.2 Å². The fourth-order valence-corrected chi connectivity index (χ4v) is 3.55. The van der Waals surface area contributed by atoms with E-state index in [1.807, 2.05) is 31.2 Å². The number of hydrogen-bond donors (Lipinski definition) is 0. The van der Waals surface area contributed by atoms with Crippen LogP contribution in [0.5, 0.6) is 5.75 Å². The summed E-state index contributed by atoms with van der Waals surface area (Å²) in [6.07, 6.45) is 0. The van der Waals surface area contributed by atoms with Gasteiger partial charge in [0.25, 0.3) is 5.91 Å². The average Bonchev–Trinajstić information content (AvgIpc) is 2.99. The number of hydrogen-bond acceptors (Lipinski definition) is 5. The molecular weight excluding hydrogens is 352 g/mol. The molecule has 0 N–H and O–H groups in total. The van der Waals surface area contributed by atoms with Gasteiger partial charge in [-0.25, -0.2) is 0 Å². The molecule has 0 aliphatic heterocycles. The van der Waals surface area contributed by atoms with E-state index in [0.29, 0.717) is 22.7 Å². The van der Waals surface area contributed by atoms with Crippen molar-refractivity contribution in [1.82, 2.24) is 4.57 Å². The molecule has 0 unspecified atom stereocenters. The summed E-state index contributed by atoms with van der Waals surface area (Å²) in [5.41, 5.74) is 1.21. The Morgan fingerprint density at radius 1 is 1.12 bits per heavy atom. The Morgan fingerprint density at radius 3 is 2.62 bits per heavy atom. The lowest BCUT2D eigenvalue weighted by Crippen LogP contribution is -2.22. The standard InChI is InChI=1S/C19H18N2O4S/c1-3-25-15-10-6-4-8-13(15)18(23)20-19-21(12-17(22)24-2)14-9-5-7-11-16(14)26-19/h4-11H,3,12H2,1-2H3. The molecule has 1 heterocycles. The van der Waals surface area contributed by atoms with E-state index in [4.69, 9.17) is 9.47 Å². The molecule has 3 rings (SSSR count). The number of benzene rings is 2. The molecule has 0 fully saturated rings. The number of rotatable bonds is 5. The number of thiazole rings is 1. The minimum Gasteiger partial charge on any atom is -0.493 e. The first-order valence-corrected chi connectivity index (χ1v) is 8.91. The highest BCUT2D eigenvalue weighted by atomic mass is 32.1. The third-order valence-electron chi connectivity index (χ3n) is 3.72. The summed E-state index contributed by atoms with van der Waals surface area (Å²) in [5, 5.41) is 0. The summed E-state index contributed by atoms with van der Waals surface area (Å²) < 4.78 is 12.9. The molecule has 0 spiro atoms. The molecule has 0 aliphatic rings. The molecule has 0 bridgehead atoms. The van der Waals surface area contributed by atoms with Crippen molar-refractivity contribution < 1.29 is 19.1 Å². The first kappa shape index (κ1) is 17.9. The van der Waals surface area contributed by atoms with E-state index in [1.54, 1.807) is 28.8 Å². The predicted molar refractivity (Wildman–Crippen MR) is 99.3 cm³/mol. The third-order valence-corrected chi connectivity index (χ3v) is 4.78. The van der Waals surface area contributed by atoms with E-state index >= 15 is 0 Å². The number of fused-ring (bicyclic) bond motifs is 1. The van der Waals surface area contributed by atoms with Crippen LogP contribution in [0.1, 0.15) is 17.3 Å². The predicted octanol–water partition coefficient (Wildman–Crippen LogP) is 3.02. The van der Waals surface area contributed by atoms with Gasteiger partial charge in [0.2, 0.25) is 0 Å². The van der Waals surface area contributed by atoms with Crippen LogP contribution in [0.2, 0.25) is 0 Å². The summed E-state index contributed by atoms with van der Waals surface area (Å²) in [6, 6.07) is 14.6. The van der Waals surface area contributed by atoms with Crippen molar-refractivity contribution in [2.24, 2.45) is 4.99 Å². The van der Waals surface area contributed by atoms with E-state index in [2.05, 4.69) is 4.99 Å². The summed E-state index contributed by atoms with van der Waals surface area (Å²) >= 11 is 1.35. The number of methoxy groups -OCH3 is 1. The van der Waals surface area contributed by atoms with E-state index in [9.17, 15) is 9.59 Å². The maximum Gasteiger partial charge on any atom is 0.325 e. The lowest BCUT2D eigenvalue weighted by Gasteiger charge is -2.07. The number of aromatic nitrogens is 1. The molecule has 0 aliphatic carbocycles. The summed E-state index contributed by atoms with van der Waals surface area (Å²) in [6.45, 7) is 2.30. The Kier molecular flexibility index (Phi) is 5.48. The highest BCUT2D eigenvalue weighted by Gasteiger charge is 2.14. The van der Waals surface area contributed by atoms with Crippen molar-refractivity contribution >= 4 is 33.4 Å². The monoisotopic (exact) mass is 370 g/mol. The zero-order chi connectivity index (χ0) is 18.5. The number of para-hydroxylation sites is 2. The number of esters is 1. The van der Waals surface area contributed by atoms with Gasteiger partial charge in [0.1, 0.15) is 12.3 Å². The van der Waals surface area contributed by atoms with Gasteiger partial charge in [0.15, 0.2) is 4.80 Å². The second-order valence-corrected chi connectivity index (χ2v) is 6.37. The number of nitrogens with zero attached hydrogens (tertiary/aromatic N) is 2. The molecule has 0 atom stereocenters. The molecule has 3 aromatic rings. The molecule has 0 saturated carbocycles. The second kappa shape index (κ2) is 7.97. The number of ether oxygens (including phenoxy) is 2. The highest BCUT2D eigenvalue weighted by Crippen LogP contribution is 2.20. The SMILES string of the molecule is CCOc1ccccc1C(=O)N=c1sc2ccccc2n1CC(=O)OC. The van der Waals surface area contributed by atoms with Crippen LogP contribution in [0.15, 0.2) is 53.5 Å². The minimum absolute atomic E-state index is 0.0142. The van der Waals surface area contributed by atoms with Gasteiger partial charge >= 0.3 is 5.97 Å². The maximum absolute atomic E-state index is 12.7. The van der Waals surface area contributed by atoms with Crippen LogP contribution >= 0.6 is 11.3 Å². The van der Waals surface area contributed by atoms with Crippen LogP contribution in [0, 0.1) is 0 Å². The fourth-order valence-electron chi connectivity index (χ4n) is 2.52. The first-order valence-electron chi connectivity index (χ1n) is 8.10. The third kappa shape index (κ3) is 3.67. The van der Waals surface area contributed by atoms with Gasteiger partial charge in [-0.1, -0.05) is 35.6 Å². The Morgan fingerprint density at radius 2 is 1.85 bits per heavy atom. The second-order valence-electron chi connectivity index (χ2n) is 5.36. The Balaban J connectivity index is 2.11. The first-order chi connectivity index (χ1) is 12.6. The Bertz CT molecular complexity index is 1020. The normalized spacial score (nSPS) is 11.5. The fraction of sp³-hybridized carbons (Fsp3) is 0.211. The van der Waals surface area contributed by atoms with Gasteiger partial charge in [0, 0.05) is 0 Å². The Labute approximate surface area is 154 Å². The van der Waals surface area contributed by atoms with Crippen molar-refractivity contribution in [3.63, 3.8) is 0 Å². The summed E-state index contributed by atoms with van der Waals surface area (Å²) in [4.78, 5) is 29.2. The Hall–Kier alpha value is -2.93. The molecule has 26 heavy (non-hydrogen) atoms. The minimum atomic E-state index is -0.417. The van der Waals surface area contributed by atoms with E-state index < -0.39 is 11.9 Å². The van der Waals surface area contributed by atoms with Crippen molar-refractivity contribution in [1.29, 1.82) is 0 Å². The molecule has 1 aromatic heterocycles. The molecule has 0 radical (unpaired) electrons. The average molecular weight is 370 g/mol. The van der Waals surface area contributed by atoms with Crippen LogP contribution in [0.3, 0.4) is 0 Å². The number of carbonyl (C=O) groups is 2. The van der Waals surface area contributed by atoms with Gasteiger partial charge in [-0.3, -0.25) is 9.59 Å². The van der Waals surface area contributed by atoms with Crippen LogP contribution < -0.4 is 9.54 Å². The van der Waals surface area contributed by atoms with Crippen molar-refractivity contribution in [2.45, 2.75) is 13.5 Å². The largest absolute Gasteiger partial charge is 0.493 e. The molecule has 2 aromatic carbocycles. The zero-order valence-corrected chi connectivity index (χ0v) is 15.3. The molecular formula is C19H18N2O4S. The number of amides is 1. The van der Waals surface area contributed by atoms with Crippen LogP contribution in [0.25, 0.3) is 10.2 Å². The molecule has 6 nitrogen and oxygen atoms in total. The van der Waals surface area contributed by atoms with Gasteiger partial charge in [0.05, 0.1) is 29.5 Å². The van der Waals surface area contributed by atoms with E-state index in [-0.39, 0.29) is 6.54 Å². The van der Waals surface area contributed by atoms with Crippen molar-refractivity contribution in [2.75, 3.05) is 13.7 Å². The van der Waals surface area contributed by atoms with Crippen LogP contribution in [0.4, 0.5) is 0 Å². The van der Waals surface area contributed by atoms with Gasteiger partial charge < -0.3 is 14.0 Å². The molecule has 7 heteroatoms. The summed E-state index contributed by atoms with van der Waals surface area (Å²) in [7, 11) is 1.33. The molecule has 134 valence electrons. The summed E-state index contributed by atoms with van der Waals surface area (Å²) in [5.74, 6) is -0.333. The molecule has 0 saturated heterocycles. The van der Waals surface area contributed by atoms with Gasteiger partial charge in [-0.2, -0.15) is 4.99 Å². The van der Waals surface area contributed by atoms with E-state index in [0.717, 1.165) is 10.2 Å². The molecule has 1 amide bonds. The topological polar surface area (TPSA) is 69.9 Å². The highest BCUT2D eigenvalue weighted by molar-refractivity contribution is 7.16. The quantitative estimate of drug-likeness (QED) is 0.648. The van der Waals surface area contributed by atoms with Gasteiger partial charge in [-0.05, 0) is 31.2 Å². The smallest absolute Gasteiger partial charge is 0.325 e. The van der Waals surface area contributed by atoms with E-state index in [1.165, 1.54) is 18.4 Å².